The summed E-state index contributed by atoms with van der Waals surface area (Å²) in [5.74, 6) is -0.327. The lowest BCUT2D eigenvalue weighted by Gasteiger charge is -2.32. The number of nitro groups is 1. The molecule has 2 aromatic carbocycles. The fourth-order valence-corrected chi connectivity index (χ4v) is 3.51. The topological polar surface area (TPSA) is 75.5 Å². The van der Waals surface area contributed by atoms with Crippen LogP contribution >= 0.6 is 15.9 Å². The summed E-state index contributed by atoms with van der Waals surface area (Å²) in [6.45, 7) is 1.41. The Labute approximate surface area is 147 Å². The minimum atomic E-state index is -0.488. The number of non-ortho nitro benzene ring substituents is 1. The van der Waals surface area contributed by atoms with E-state index in [1.807, 2.05) is 12.1 Å². The summed E-state index contributed by atoms with van der Waals surface area (Å²) in [5.41, 5.74) is 3.41. The Hall–Kier alpha value is -2.41. The molecule has 1 aliphatic heterocycles. The van der Waals surface area contributed by atoms with Gasteiger partial charge in [-0.05, 0) is 29.7 Å². The average molecular weight is 390 g/mol. The van der Waals surface area contributed by atoms with E-state index in [9.17, 15) is 14.9 Å². The van der Waals surface area contributed by atoms with Gasteiger partial charge >= 0.3 is 0 Å². The molecule has 1 N–H and O–H groups in total. The molecule has 1 aliphatic rings. The zero-order valence-corrected chi connectivity index (χ0v) is 14.7. The number of hydrogen-bond acceptors (Lipinski definition) is 4. The summed E-state index contributed by atoms with van der Waals surface area (Å²) < 4.78 is 1.04. The molecular weight excluding hydrogens is 374 g/mol. The van der Waals surface area contributed by atoms with E-state index in [0.29, 0.717) is 17.8 Å². The lowest BCUT2D eigenvalue weighted by atomic mass is 9.98. The number of halogens is 1. The van der Waals surface area contributed by atoms with Crippen LogP contribution in [0, 0.1) is 10.1 Å². The number of fused-ring (bicyclic) bond motifs is 1. The van der Waals surface area contributed by atoms with Crippen molar-refractivity contribution in [1.29, 1.82) is 0 Å². The van der Waals surface area contributed by atoms with Crippen molar-refractivity contribution in [2.45, 2.75) is 13.0 Å². The molecule has 0 saturated carbocycles. The summed E-state index contributed by atoms with van der Waals surface area (Å²) in [5, 5.41) is 13.6. The first-order chi connectivity index (χ1) is 11.5. The molecule has 0 aliphatic carbocycles. The van der Waals surface area contributed by atoms with Crippen LogP contribution in [0.4, 0.5) is 11.4 Å². The Kier molecular flexibility index (Phi) is 4.53. The number of rotatable bonds is 3. The van der Waals surface area contributed by atoms with Gasteiger partial charge in [0.2, 0.25) is 0 Å². The Balaban J connectivity index is 2.02. The first-order valence-electron chi connectivity index (χ1n) is 7.53. The van der Waals surface area contributed by atoms with Crippen LogP contribution in [0.2, 0.25) is 0 Å². The lowest BCUT2D eigenvalue weighted by Crippen LogP contribution is -2.33. The van der Waals surface area contributed by atoms with Gasteiger partial charge in [0.15, 0.2) is 0 Å². The average Bonchev–Trinajstić information content (AvgIpc) is 2.60. The standard InChI is InChI=1S/C17H16BrN3O3/c1-19-17(22)13-9-12(21(23)24)5-6-16(13)20-8-7-11-3-2-4-15(18)14(11)10-20/h2-6,9H,7-8,10H2,1H3,(H,19,22). The molecule has 0 fully saturated rings. The van der Waals surface area contributed by atoms with E-state index in [2.05, 4.69) is 32.2 Å². The quantitative estimate of drug-likeness (QED) is 0.645. The molecule has 0 saturated heterocycles. The molecule has 124 valence electrons. The van der Waals surface area contributed by atoms with Crippen LogP contribution in [-0.4, -0.2) is 24.4 Å². The number of carbonyl (C=O) groups is 1. The number of carbonyl (C=O) groups excluding carboxylic acids is 1. The van der Waals surface area contributed by atoms with Crippen molar-refractivity contribution in [2.24, 2.45) is 0 Å². The van der Waals surface area contributed by atoms with Gasteiger partial charge in [0.1, 0.15) is 0 Å². The van der Waals surface area contributed by atoms with Crippen LogP contribution in [0.3, 0.4) is 0 Å². The number of nitrogens with zero attached hydrogens (tertiary/aromatic N) is 2. The van der Waals surface area contributed by atoms with Crippen LogP contribution in [-0.2, 0) is 13.0 Å². The van der Waals surface area contributed by atoms with E-state index < -0.39 is 4.92 Å². The summed E-state index contributed by atoms with van der Waals surface area (Å²) in [6, 6.07) is 10.6. The molecule has 7 heteroatoms. The predicted octanol–water partition coefficient (Wildman–Crippen LogP) is 3.28. The smallest absolute Gasteiger partial charge is 0.270 e. The third kappa shape index (κ3) is 2.99. The SMILES string of the molecule is CNC(=O)c1cc([N+](=O)[O-])ccc1N1CCc2cccc(Br)c2C1. The second-order valence-electron chi connectivity index (χ2n) is 5.59. The zero-order chi connectivity index (χ0) is 17.3. The van der Waals surface area contributed by atoms with Crippen LogP contribution < -0.4 is 10.2 Å². The van der Waals surface area contributed by atoms with Crippen molar-refractivity contribution in [2.75, 3.05) is 18.5 Å². The molecule has 0 bridgehead atoms. The van der Waals surface area contributed by atoms with Gasteiger partial charge in [-0.15, -0.1) is 0 Å². The van der Waals surface area contributed by atoms with Gasteiger partial charge in [-0.3, -0.25) is 14.9 Å². The first kappa shape index (κ1) is 16.4. The Morgan fingerprint density at radius 1 is 1.33 bits per heavy atom. The van der Waals surface area contributed by atoms with Crippen molar-refractivity contribution < 1.29 is 9.72 Å². The largest absolute Gasteiger partial charge is 0.366 e. The van der Waals surface area contributed by atoms with Gasteiger partial charge in [0, 0.05) is 36.7 Å². The molecule has 2 aromatic rings. The highest BCUT2D eigenvalue weighted by atomic mass is 79.9. The minimum Gasteiger partial charge on any atom is -0.366 e. The predicted molar refractivity (Wildman–Crippen MR) is 95.4 cm³/mol. The number of nitro benzene ring substituents is 1. The van der Waals surface area contributed by atoms with Crippen molar-refractivity contribution >= 4 is 33.2 Å². The molecular formula is C17H16BrN3O3. The number of nitrogens with one attached hydrogen (secondary N) is 1. The van der Waals surface area contributed by atoms with E-state index in [0.717, 1.165) is 17.4 Å². The van der Waals surface area contributed by atoms with Crippen molar-refractivity contribution in [3.8, 4) is 0 Å². The maximum absolute atomic E-state index is 12.2. The van der Waals surface area contributed by atoms with E-state index in [1.54, 1.807) is 6.07 Å². The molecule has 0 radical (unpaired) electrons. The van der Waals surface area contributed by atoms with E-state index >= 15 is 0 Å². The molecule has 0 unspecified atom stereocenters. The molecule has 0 spiro atoms. The molecule has 1 heterocycles. The highest BCUT2D eigenvalue weighted by Crippen LogP contribution is 2.32. The number of amides is 1. The summed E-state index contributed by atoms with van der Waals surface area (Å²) in [4.78, 5) is 24.8. The molecule has 0 atom stereocenters. The molecule has 1 amide bonds. The number of hydrogen-bond donors (Lipinski definition) is 1. The maximum atomic E-state index is 12.2. The van der Waals surface area contributed by atoms with E-state index in [-0.39, 0.29) is 11.6 Å². The number of benzene rings is 2. The maximum Gasteiger partial charge on any atom is 0.270 e. The highest BCUT2D eigenvalue weighted by Gasteiger charge is 2.24. The third-order valence-electron chi connectivity index (χ3n) is 4.22. The summed E-state index contributed by atoms with van der Waals surface area (Å²) in [7, 11) is 1.52. The lowest BCUT2D eigenvalue weighted by molar-refractivity contribution is -0.384. The van der Waals surface area contributed by atoms with Gasteiger partial charge in [-0.1, -0.05) is 28.1 Å². The van der Waals surface area contributed by atoms with Crippen molar-refractivity contribution in [1.82, 2.24) is 5.32 Å². The monoisotopic (exact) mass is 389 g/mol. The second-order valence-corrected chi connectivity index (χ2v) is 6.44. The van der Waals surface area contributed by atoms with Gasteiger partial charge in [-0.2, -0.15) is 0 Å². The zero-order valence-electron chi connectivity index (χ0n) is 13.1. The van der Waals surface area contributed by atoms with Gasteiger partial charge in [0.05, 0.1) is 16.2 Å². The molecule has 24 heavy (non-hydrogen) atoms. The number of anilines is 1. The first-order valence-corrected chi connectivity index (χ1v) is 8.32. The summed E-state index contributed by atoms with van der Waals surface area (Å²) in [6.07, 6.45) is 0.860. The molecule has 6 nitrogen and oxygen atoms in total. The van der Waals surface area contributed by atoms with Gasteiger partial charge in [0.25, 0.3) is 11.6 Å². The fraction of sp³-hybridized carbons (Fsp3) is 0.235. The highest BCUT2D eigenvalue weighted by molar-refractivity contribution is 9.10. The fourth-order valence-electron chi connectivity index (χ4n) is 2.98. The van der Waals surface area contributed by atoms with E-state index in [4.69, 9.17) is 0 Å². The minimum absolute atomic E-state index is 0.0871. The van der Waals surface area contributed by atoms with Crippen LogP contribution in [0.15, 0.2) is 40.9 Å². The second kappa shape index (κ2) is 6.60. The van der Waals surface area contributed by atoms with Crippen LogP contribution in [0.25, 0.3) is 0 Å². The van der Waals surface area contributed by atoms with Crippen molar-refractivity contribution in [3.05, 3.63) is 67.7 Å². The summed E-state index contributed by atoms with van der Waals surface area (Å²) >= 11 is 3.58. The Morgan fingerprint density at radius 2 is 2.12 bits per heavy atom. The third-order valence-corrected chi connectivity index (χ3v) is 4.96. The van der Waals surface area contributed by atoms with E-state index in [1.165, 1.54) is 30.3 Å². The van der Waals surface area contributed by atoms with Crippen LogP contribution in [0.5, 0.6) is 0 Å². The Bertz CT molecular complexity index is 823. The Morgan fingerprint density at radius 3 is 2.83 bits per heavy atom. The van der Waals surface area contributed by atoms with Crippen molar-refractivity contribution in [3.63, 3.8) is 0 Å². The molecule has 0 aromatic heterocycles. The van der Waals surface area contributed by atoms with Gasteiger partial charge in [-0.25, -0.2) is 0 Å². The molecule has 3 rings (SSSR count). The normalized spacial score (nSPS) is 13.3. The van der Waals surface area contributed by atoms with Gasteiger partial charge < -0.3 is 10.2 Å². The van der Waals surface area contributed by atoms with Crippen LogP contribution in [0.1, 0.15) is 21.5 Å².